The maximum atomic E-state index is 12.7. The number of amides is 1. The zero-order valence-electron chi connectivity index (χ0n) is 16.6. The van der Waals surface area contributed by atoms with Crippen LogP contribution in [0.15, 0.2) is 47.8 Å². The minimum atomic E-state index is -0.326. The molecule has 30 heavy (non-hydrogen) atoms. The quantitative estimate of drug-likeness (QED) is 0.427. The number of hydrogen-bond acceptors (Lipinski definition) is 6. The molecule has 0 saturated carbocycles. The highest BCUT2D eigenvalue weighted by molar-refractivity contribution is 7.71. The van der Waals surface area contributed by atoms with Crippen molar-refractivity contribution in [2.45, 2.75) is 26.3 Å². The van der Waals surface area contributed by atoms with Crippen molar-refractivity contribution in [1.82, 2.24) is 34.8 Å². The molecule has 154 valence electrons. The molecule has 0 fully saturated rings. The molecule has 3 aromatic heterocycles. The van der Waals surface area contributed by atoms with Crippen LogP contribution in [0, 0.1) is 4.77 Å². The van der Waals surface area contributed by atoms with Crippen LogP contribution in [0.1, 0.15) is 36.3 Å². The number of carbonyl (C=O) groups excluding carboxylic acids is 1. The second-order valence-corrected chi connectivity index (χ2v) is 8.23. The molecule has 0 radical (unpaired) electrons. The molecule has 0 aliphatic rings. The second kappa shape index (κ2) is 8.72. The Morgan fingerprint density at radius 1 is 1.23 bits per heavy atom. The number of hydrogen-bond donors (Lipinski definition) is 2. The van der Waals surface area contributed by atoms with Gasteiger partial charge in [-0.25, -0.2) is 9.67 Å². The first-order valence-electron chi connectivity index (χ1n) is 9.55. The van der Waals surface area contributed by atoms with Gasteiger partial charge in [-0.15, -0.1) is 16.4 Å². The first kappa shape index (κ1) is 20.2. The average molecular weight is 440 g/mol. The summed E-state index contributed by atoms with van der Waals surface area (Å²) >= 11 is 6.82. The fourth-order valence-electron chi connectivity index (χ4n) is 3.14. The zero-order chi connectivity index (χ0) is 21.1. The van der Waals surface area contributed by atoms with Crippen molar-refractivity contribution in [1.29, 1.82) is 0 Å². The maximum Gasteiger partial charge on any atom is 0.291 e. The van der Waals surface area contributed by atoms with E-state index in [0.717, 1.165) is 16.4 Å². The standard InChI is InChI=1S/C20H21N7OS2/c1-13(2)26-16(23-24-20(26)29)10-11-21-19(28)17-22-18(15-9-6-12-30-15)27(25-17)14-7-4-3-5-8-14/h3-9,12-13H,10-11H2,1-2H3,(H,21,28)(H,24,29). The Labute approximate surface area is 182 Å². The molecule has 3 heterocycles. The summed E-state index contributed by atoms with van der Waals surface area (Å²) in [4.78, 5) is 18.2. The Morgan fingerprint density at radius 3 is 2.73 bits per heavy atom. The van der Waals surface area contributed by atoms with Crippen molar-refractivity contribution in [3.05, 3.63) is 64.3 Å². The van der Waals surface area contributed by atoms with Crippen molar-refractivity contribution in [2.24, 2.45) is 0 Å². The second-order valence-electron chi connectivity index (χ2n) is 6.90. The molecular formula is C20H21N7OS2. The fraction of sp³-hybridized carbons (Fsp3) is 0.250. The van der Waals surface area contributed by atoms with Gasteiger partial charge in [0, 0.05) is 19.0 Å². The first-order valence-corrected chi connectivity index (χ1v) is 10.8. The van der Waals surface area contributed by atoms with Crippen LogP contribution in [0.25, 0.3) is 16.4 Å². The summed E-state index contributed by atoms with van der Waals surface area (Å²) in [6.07, 6.45) is 0.550. The molecule has 2 N–H and O–H groups in total. The Kier molecular flexibility index (Phi) is 5.86. The number of nitrogens with zero attached hydrogens (tertiary/aromatic N) is 5. The Morgan fingerprint density at radius 2 is 2.03 bits per heavy atom. The van der Waals surface area contributed by atoms with Gasteiger partial charge in [0.05, 0.1) is 10.6 Å². The third-order valence-electron chi connectivity index (χ3n) is 4.48. The monoisotopic (exact) mass is 439 g/mol. The number of H-pyrrole nitrogens is 1. The van der Waals surface area contributed by atoms with Crippen molar-refractivity contribution >= 4 is 29.5 Å². The van der Waals surface area contributed by atoms with E-state index >= 15 is 0 Å². The molecule has 0 unspecified atom stereocenters. The van der Waals surface area contributed by atoms with Crippen LogP contribution in [0.4, 0.5) is 0 Å². The lowest BCUT2D eigenvalue weighted by molar-refractivity contribution is 0.0943. The fourth-order valence-corrected chi connectivity index (χ4v) is 4.20. The molecule has 10 heteroatoms. The van der Waals surface area contributed by atoms with Crippen molar-refractivity contribution in [2.75, 3.05) is 6.54 Å². The molecule has 0 bridgehead atoms. The van der Waals surface area contributed by atoms with Gasteiger partial charge in [0.1, 0.15) is 5.82 Å². The highest BCUT2D eigenvalue weighted by Crippen LogP contribution is 2.25. The molecule has 4 aromatic rings. The number of aromatic nitrogens is 6. The Balaban J connectivity index is 1.53. The van der Waals surface area contributed by atoms with Crippen molar-refractivity contribution in [3.63, 3.8) is 0 Å². The van der Waals surface area contributed by atoms with E-state index in [1.54, 1.807) is 16.0 Å². The maximum absolute atomic E-state index is 12.7. The first-order chi connectivity index (χ1) is 14.5. The van der Waals surface area contributed by atoms with Gasteiger partial charge in [-0.3, -0.25) is 9.89 Å². The Hall–Kier alpha value is -3.11. The molecule has 1 amide bonds. The van der Waals surface area contributed by atoms with E-state index < -0.39 is 0 Å². The van der Waals surface area contributed by atoms with Crippen LogP contribution in [-0.2, 0) is 6.42 Å². The van der Waals surface area contributed by atoms with E-state index in [2.05, 4.69) is 25.6 Å². The largest absolute Gasteiger partial charge is 0.349 e. The summed E-state index contributed by atoms with van der Waals surface area (Å²) in [6, 6.07) is 13.8. The highest BCUT2D eigenvalue weighted by atomic mass is 32.1. The number of para-hydroxylation sites is 1. The third kappa shape index (κ3) is 4.10. The molecule has 0 aliphatic carbocycles. The number of benzene rings is 1. The summed E-state index contributed by atoms with van der Waals surface area (Å²) in [6.45, 7) is 4.48. The van der Waals surface area contributed by atoms with Gasteiger partial charge in [-0.2, -0.15) is 5.10 Å². The molecular weight excluding hydrogens is 418 g/mol. The van der Waals surface area contributed by atoms with Crippen molar-refractivity contribution in [3.8, 4) is 16.4 Å². The van der Waals surface area contributed by atoms with Crippen molar-refractivity contribution < 1.29 is 4.79 Å². The van der Waals surface area contributed by atoms with Gasteiger partial charge in [0.2, 0.25) is 5.82 Å². The van der Waals surface area contributed by atoms with E-state index in [4.69, 9.17) is 12.2 Å². The average Bonchev–Trinajstić information content (AvgIpc) is 3.48. The SMILES string of the molecule is CC(C)n1c(CCNC(=O)c2nc(-c3cccs3)n(-c3ccccc3)n2)n[nH]c1=S. The number of aromatic amines is 1. The number of nitrogens with one attached hydrogen (secondary N) is 2. The Bertz CT molecular complexity index is 1190. The zero-order valence-corrected chi connectivity index (χ0v) is 18.2. The number of carbonyl (C=O) groups is 1. The van der Waals surface area contributed by atoms with Gasteiger partial charge in [-0.05, 0) is 49.6 Å². The van der Waals surface area contributed by atoms with E-state index in [9.17, 15) is 4.79 Å². The van der Waals surface area contributed by atoms with E-state index in [1.807, 2.05) is 66.3 Å². The molecule has 0 saturated heterocycles. The van der Waals surface area contributed by atoms with Crippen LogP contribution in [0.2, 0.25) is 0 Å². The predicted octanol–water partition coefficient (Wildman–Crippen LogP) is 3.80. The minimum Gasteiger partial charge on any atom is -0.349 e. The summed E-state index contributed by atoms with van der Waals surface area (Å²) in [5.41, 5.74) is 0.847. The summed E-state index contributed by atoms with van der Waals surface area (Å²) in [5, 5.41) is 16.4. The molecule has 0 spiro atoms. The van der Waals surface area contributed by atoms with Crippen LogP contribution in [-0.4, -0.2) is 42.0 Å². The lowest BCUT2D eigenvalue weighted by atomic mass is 10.3. The molecule has 4 rings (SSSR count). The van der Waals surface area contributed by atoms with Gasteiger partial charge >= 0.3 is 0 Å². The van der Waals surface area contributed by atoms with Crippen LogP contribution < -0.4 is 5.32 Å². The lowest BCUT2D eigenvalue weighted by Crippen LogP contribution is -2.27. The van der Waals surface area contributed by atoms with Gasteiger partial charge < -0.3 is 9.88 Å². The lowest BCUT2D eigenvalue weighted by Gasteiger charge is -2.10. The van der Waals surface area contributed by atoms with E-state index in [1.165, 1.54) is 0 Å². The predicted molar refractivity (Wildman–Crippen MR) is 119 cm³/mol. The molecule has 0 atom stereocenters. The van der Waals surface area contributed by atoms with Crippen LogP contribution >= 0.6 is 23.6 Å². The van der Waals surface area contributed by atoms with Gasteiger partial charge in [-0.1, -0.05) is 24.3 Å². The highest BCUT2D eigenvalue weighted by Gasteiger charge is 2.19. The molecule has 8 nitrogen and oxygen atoms in total. The number of rotatable bonds is 7. The smallest absolute Gasteiger partial charge is 0.291 e. The van der Waals surface area contributed by atoms with E-state index in [-0.39, 0.29) is 17.8 Å². The summed E-state index contributed by atoms with van der Waals surface area (Å²) < 4.78 is 4.22. The van der Waals surface area contributed by atoms with Gasteiger partial charge in [0.15, 0.2) is 10.6 Å². The van der Waals surface area contributed by atoms with Crippen LogP contribution in [0.3, 0.4) is 0 Å². The van der Waals surface area contributed by atoms with Crippen LogP contribution in [0.5, 0.6) is 0 Å². The number of thiophene rings is 1. The van der Waals surface area contributed by atoms with E-state index in [0.29, 0.717) is 23.6 Å². The topological polar surface area (TPSA) is 93.4 Å². The molecule has 0 aliphatic heterocycles. The van der Waals surface area contributed by atoms with Gasteiger partial charge in [0.25, 0.3) is 5.91 Å². The third-order valence-corrected chi connectivity index (χ3v) is 5.63. The molecule has 1 aromatic carbocycles. The minimum absolute atomic E-state index is 0.130. The summed E-state index contributed by atoms with van der Waals surface area (Å²) in [5.74, 6) is 1.25. The normalized spacial score (nSPS) is 11.2. The summed E-state index contributed by atoms with van der Waals surface area (Å²) in [7, 11) is 0.